The number of amides is 2. The SMILES string of the molecule is Cc1cc(C)cc(NC(=O)CCCNC(=O)c2ccsc2)c1. The van der Waals surface area contributed by atoms with Crippen molar-refractivity contribution in [2.45, 2.75) is 26.7 Å². The van der Waals surface area contributed by atoms with Crippen molar-refractivity contribution < 1.29 is 9.59 Å². The summed E-state index contributed by atoms with van der Waals surface area (Å²) in [6.45, 7) is 4.50. The van der Waals surface area contributed by atoms with Gasteiger partial charge in [-0.15, -0.1) is 0 Å². The second kappa shape index (κ2) is 7.75. The van der Waals surface area contributed by atoms with Crippen LogP contribution >= 0.6 is 11.3 Å². The highest BCUT2D eigenvalue weighted by Crippen LogP contribution is 2.14. The number of benzene rings is 1. The van der Waals surface area contributed by atoms with Crippen molar-refractivity contribution in [2.24, 2.45) is 0 Å². The molecule has 116 valence electrons. The quantitative estimate of drug-likeness (QED) is 0.801. The maximum atomic E-state index is 11.9. The van der Waals surface area contributed by atoms with Crippen molar-refractivity contribution in [1.82, 2.24) is 5.32 Å². The Bertz CT molecular complexity index is 630. The number of rotatable bonds is 6. The summed E-state index contributed by atoms with van der Waals surface area (Å²) in [5.41, 5.74) is 3.74. The lowest BCUT2D eigenvalue weighted by molar-refractivity contribution is -0.116. The number of hydrogen-bond donors (Lipinski definition) is 2. The van der Waals surface area contributed by atoms with Crippen molar-refractivity contribution in [2.75, 3.05) is 11.9 Å². The number of carbonyl (C=O) groups excluding carboxylic acids is 2. The summed E-state index contributed by atoms with van der Waals surface area (Å²) in [6, 6.07) is 7.74. The molecule has 0 aliphatic heterocycles. The van der Waals surface area contributed by atoms with Gasteiger partial charge in [-0.05, 0) is 55.0 Å². The first-order valence-corrected chi connectivity index (χ1v) is 8.17. The maximum absolute atomic E-state index is 11.9. The zero-order valence-corrected chi connectivity index (χ0v) is 13.6. The summed E-state index contributed by atoms with van der Waals surface area (Å²) >= 11 is 1.49. The van der Waals surface area contributed by atoms with Crippen molar-refractivity contribution in [3.05, 3.63) is 51.7 Å². The smallest absolute Gasteiger partial charge is 0.252 e. The van der Waals surface area contributed by atoms with Crippen molar-refractivity contribution >= 4 is 28.8 Å². The molecule has 0 saturated heterocycles. The zero-order chi connectivity index (χ0) is 15.9. The molecule has 22 heavy (non-hydrogen) atoms. The predicted molar refractivity (Wildman–Crippen MR) is 90.4 cm³/mol. The van der Waals surface area contributed by atoms with Gasteiger partial charge in [0.15, 0.2) is 0 Å². The lowest BCUT2D eigenvalue weighted by Gasteiger charge is -2.08. The van der Waals surface area contributed by atoms with E-state index < -0.39 is 0 Å². The molecule has 0 aliphatic carbocycles. The monoisotopic (exact) mass is 316 g/mol. The molecule has 0 unspecified atom stereocenters. The second-order valence-corrected chi connectivity index (χ2v) is 6.08. The van der Waals surface area contributed by atoms with Gasteiger partial charge in [-0.3, -0.25) is 9.59 Å². The van der Waals surface area contributed by atoms with Gasteiger partial charge in [-0.1, -0.05) is 6.07 Å². The van der Waals surface area contributed by atoms with E-state index in [1.54, 1.807) is 6.07 Å². The third kappa shape index (κ3) is 5.00. The minimum atomic E-state index is -0.0871. The Kier molecular flexibility index (Phi) is 5.72. The van der Waals surface area contributed by atoms with Crippen LogP contribution in [-0.2, 0) is 4.79 Å². The van der Waals surface area contributed by atoms with Crippen LogP contribution < -0.4 is 10.6 Å². The number of carbonyl (C=O) groups is 2. The average Bonchev–Trinajstić information content (AvgIpc) is 2.96. The largest absolute Gasteiger partial charge is 0.352 e. The summed E-state index contributed by atoms with van der Waals surface area (Å²) in [6.07, 6.45) is 1.00. The van der Waals surface area contributed by atoms with E-state index in [0.717, 1.165) is 16.8 Å². The van der Waals surface area contributed by atoms with Crippen molar-refractivity contribution in [3.8, 4) is 0 Å². The highest BCUT2D eigenvalue weighted by Gasteiger charge is 2.06. The minimum Gasteiger partial charge on any atom is -0.352 e. The Balaban J connectivity index is 1.70. The highest BCUT2D eigenvalue weighted by molar-refractivity contribution is 7.08. The molecule has 0 radical (unpaired) electrons. The third-order valence-electron chi connectivity index (χ3n) is 3.15. The van der Waals surface area contributed by atoms with Gasteiger partial charge in [-0.25, -0.2) is 0 Å². The second-order valence-electron chi connectivity index (χ2n) is 5.30. The van der Waals surface area contributed by atoms with Gasteiger partial charge in [0.1, 0.15) is 0 Å². The van der Waals surface area contributed by atoms with Gasteiger partial charge in [0.25, 0.3) is 5.91 Å². The van der Waals surface area contributed by atoms with Gasteiger partial charge >= 0.3 is 0 Å². The first-order valence-electron chi connectivity index (χ1n) is 7.23. The molecule has 2 rings (SSSR count). The molecule has 2 aromatic rings. The lowest BCUT2D eigenvalue weighted by Crippen LogP contribution is -2.25. The number of aryl methyl sites for hydroxylation is 2. The normalized spacial score (nSPS) is 10.3. The molecule has 5 heteroatoms. The predicted octanol–water partition coefficient (Wildman–Crippen LogP) is 3.51. The van der Waals surface area contributed by atoms with E-state index in [-0.39, 0.29) is 11.8 Å². The molecule has 2 amide bonds. The molecular weight excluding hydrogens is 296 g/mol. The molecule has 4 nitrogen and oxygen atoms in total. The fourth-order valence-electron chi connectivity index (χ4n) is 2.22. The van der Waals surface area contributed by atoms with Crippen LogP contribution in [0.25, 0.3) is 0 Å². The lowest BCUT2D eigenvalue weighted by atomic mass is 10.1. The molecule has 0 spiro atoms. The van der Waals surface area contributed by atoms with Crippen LogP contribution in [0, 0.1) is 13.8 Å². The molecule has 0 aliphatic rings. The molecular formula is C17H20N2O2S. The summed E-state index contributed by atoms with van der Waals surface area (Å²) < 4.78 is 0. The number of nitrogens with one attached hydrogen (secondary N) is 2. The number of anilines is 1. The number of hydrogen-bond acceptors (Lipinski definition) is 3. The molecule has 1 aromatic carbocycles. The Hall–Kier alpha value is -2.14. The van der Waals surface area contributed by atoms with Crippen molar-refractivity contribution in [1.29, 1.82) is 0 Å². The average molecular weight is 316 g/mol. The van der Waals surface area contributed by atoms with E-state index in [1.807, 2.05) is 36.7 Å². The van der Waals surface area contributed by atoms with E-state index in [0.29, 0.717) is 24.9 Å². The summed E-state index contributed by atoms with van der Waals surface area (Å²) in [4.78, 5) is 23.6. The van der Waals surface area contributed by atoms with Crippen LogP contribution in [0.2, 0.25) is 0 Å². The van der Waals surface area contributed by atoms with Crippen LogP contribution in [0.5, 0.6) is 0 Å². The van der Waals surface area contributed by atoms with E-state index in [1.165, 1.54) is 11.3 Å². The molecule has 2 N–H and O–H groups in total. The highest BCUT2D eigenvalue weighted by atomic mass is 32.1. The van der Waals surface area contributed by atoms with Gasteiger partial charge in [0, 0.05) is 29.6 Å². The molecule has 1 aromatic heterocycles. The van der Waals surface area contributed by atoms with Crippen LogP contribution in [0.15, 0.2) is 35.0 Å². The minimum absolute atomic E-state index is 0.0326. The zero-order valence-electron chi connectivity index (χ0n) is 12.8. The first kappa shape index (κ1) is 16.2. The molecule has 0 atom stereocenters. The van der Waals surface area contributed by atoms with E-state index in [9.17, 15) is 9.59 Å². The Morgan fingerprint density at radius 1 is 1.14 bits per heavy atom. The van der Waals surface area contributed by atoms with E-state index >= 15 is 0 Å². The van der Waals surface area contributed by atoms with Crippen LogP contribution in [0.4, 0.5) is 5.69 Å². The molecule has 1 heterocycles. The number of thiophene rings is 1. The van der Waals surface area contributed by atoms with Crippen molar-refractivity contribution in [3.63, 3.8) is 0 Å². The van der Waals surface area contributed by atoms with E-state index in [4.69, 9.17) is 0 Å². The first-order chi connectivity index (χ1) is 10.5. The Morgan fingerprint density at radius 2 is 1.86 bits per heavy atom. The van der Waals surface area contributed by atoms with E-state index in [2.05, 4.69) is 16.7 Å². The van der Waals surface area contributed by atoms with Gasteiger partial charge < -0.3 is 10.6 Å². The fourth-order valence-corrected chi connectivity index (χ4v) is 2.85. The molecule has 0 bridgehead atoms. The summed E-state index contributed by atoms with van der Waals surface area (Å²) in [5, 5.41) is 9.37. The topological polar surface area (TPSA) is 58.2 Å². The summed E-state index contributed by atoms with van der Waals surface area (Å²) in [7, 11) is 0. The van der Waals surface area contributed by atoms with Gasteiger partial charge in [0.2, 0.25) is 5.91 Å². The van der Waals surface area contributed by atoms with Gasteiger partial charge in [-0.2, -0.15) is 11.3 Å². The molecule has 0 fully saturated rings. The third-order valence-corrected chi connectivity index (χ3v) is 3.84. The maximum Gasteiger partial charge on any atom is 0.252 e. The fraction of sp³-hybridized carbons (Fsp3) is 0.294. The Morgan fingerprint density at radius 3 is 2.50 bits per heavy atom. The Labute approximate surface area is 134 Å². The van der Waals surface area contributed by atoms with Crippen LogP contribution in [-0.4, -0.2) is 18.4 Å². The standard InChI is InChI=1S/C17H20N2O2S/c1-12-8-13(2)10-15(9-12)19-16(20)4-3-6-18-17(21)14-5-7-22-11-14/h5,7-11H,3-4,6H2,1-2H3,(H,18,21)(H,19,20). The summed E-state index contributed by atoms with van der Waals surface area (Å²) in [5.74, 6) is -0.120. The van der Waals surface area contributed by atoms with Crippen LogP contribution in [0.1, 0.15) is 34.3 Å². The molecule has 0 saturated carbocycles. The van der Waals surface area contributed by atoms with Crippen LogP contribution in [0.3, 0.4) is 0 Å². The van der Waals surface area contributed by atoms with Gasteiger partial charge in [0.05, 0.1) is 0 Å².